The highest BCUT2D eigenvalue weighted by molar-refractivity contribution is 5.80. The zero-order valence-corrected chi connectivity index (χ0v) is 11.7. The Hall–Kier alpha value is -2.24. The Morgan fingerprint density at radius 2 is 1.80 bits per heavy atom. The van der Waals surface area contributed by atoms with Crippen molar-refractivity contribution in [1.29, 1.82) is 0 Å². The molecular formula is C14H20N2O4. The van der Waals surface area contributed by atoms with Crippen LogP contribution in [0.1, 0.15) is 20.3 Å². The largest absolute Gasteiger partial charge is 0.508 e. The molecule has 0 aromatic heterocycles. The van der Waals surface area contributed by atoms with Gasteiger partial charge in [0.1, 0.15) is 11.5 Å². The summed E-state index contributed by atoms with van der Waals surface area (Å²) < 4.78 is 5.42. The SMILES string of the molecule is CCC(=O)NCCNC(=O)C(C)Oc1ccc(O)cc1. The van der Waals surface area contributed by atoms with Crippen molar-refractivity contribution < 1.29 is 19.4 Å². The van der Waals surface area contributed by atoms with Crippen LogP contribution in [0, 0.1) is 0 Å². The van der Waals surface area contributed by atoms with Gasteiger partial charge >= 0.3 is 0 Å². The maximum Gasteiger partial charge on any atom is 0.260 e. The van der Waals surface area contributed by atoms with Crippen LogP contribution < -0.4 is 15.4 Å². The first-order valence-electron chi connectivity index (χ1n) is 6.53. The quantitative estimate of drug-likeness (QED) is 0.645. The van der Waals surface area contributed by atoms with Gasteiger partial charge in [-0.1, -0.05) is 6.92 Å². The number of carbonyl (C=O) groups excluding carboxylic acids is 2. The summed E-state index contributed by atoms with van der Waals surface area (Å²) in [7, 11) is 0. The maximum absolute atomic E-state index is 11.7. The lowest BCUT2D eigenvalue weighted by Gasteiger charge is -2.14. The van der Waals surface area contributed by atoms with Crippen LogP contribution >= 0.6 is 0 Å². The van der Waals surface area contributed by atoms with Crippen molar-refractivity contribution >= 4 is 11.8 Å². The summed E-state index contributed by atoms with van der Waals surface area (Å²) in [5.74, 6) is 0.335. The highest BCUT2D eigenvalue weighted by Gasteiger charge is 2.13. The Morgan fingerprint density at radius 3 is 2.40 bits per heavy atom. The van der Waals surface area contributed by atoms with E-state index in [4.69, 9.17) is 9.84 Å². The second kappa shape index (κ2) is 8.04. The summed E-state index contributed by atoms with van der Waals surface area (Å²) in [4.78, 5) is 22.7. The van der Waals surface area contributed by atoms with E-state index in [1.54, 1.807) is 26.0 Å². The summed E-state index contributed by atoms with van der Waals surface area (Å²) in [5, 5.41) is 14.5. The average Bonchev–Trinajstić information content (AvgIpc) is 2.45. The topological polar surface area (TPSA) is 87.7 Å². The standard InChI is InChI=1S/C14H20N2O4/c1-3-13(18)15-8-9-16-14(19)10(2)20-12-6-4-11(17)5-7-12/h4-7,10,17H,3,8-9H2,1-2H3,(H,15,18)(H,16,19). The first-order valence-corrected chi connectivity index (χ1v) is 6.53. The number of benzene rings is 1. The molecule has 1 atom stereocenters. The number of carbonyl (C=O) groups is 2. The second-order valence-corrected chi connectivity index (χ2v) is 4.25. The van der Waals surface area contributed by atoms with Gasteiger partial charge in [-0.2, -0.15) is 0 Å². The molecule has 2 amide bonds. The number of amides is 2. The van der Waals surface area contributed by atoms with Crippen LogP contribution in [0.2, 0.25) is 0 Å². The molecule has 0 aliphatic heterocycles. The van der Waals surface area contributed by atoms with Crippen molar-refractivity contribution in [2.45, 2.75) is 26.4 Å². The van der Waals surface area contributed by atoms with E-state index in [-0.39, 0.29) is 17.6 Å². The van der Waals surface area contributed by atoms with E-state index in [0.717, 1.165) is 0 Å². The van der Waals surface area contributed by atoms with Gasteiger partial charge in [-0.3, -0.25) is 9.59 Å². The number of rotatable bonds is 7. The van der Waals surface area contributed by atoms with E-state index in [2.05, 4.69) is 10.6 Å². The predicted molar refractivity (Wildman–Crippen MR) is 74.5 cm³/mol. The number of hydrogen-bond donors (Lipinski definition) is 3. The van der Waals surface area contributed by atoms with Gasteiger partial charge in [0.2, 0.25) is 5.91 Å². The van der Waals surface area contributed by atoms with Crippen LogP contribution in [-0.2, 0) is 9.59 Å². The summed E-state index contributed by atoms with van der Waals surface area (Å²) >= 11 is 0. The number of phenolic OH excluding ortho intramolecular Hbond substituents is 1. The van der Waals surface area contributed by atoms with Gasteiger partial charge in [0.05, 0.1) is 0 Å². The fraction of sp³-hybridized carbons (Fsp3) is 0.429. The molecule has 0 aliphatic carbocycles. The molecule has 0 saturated carbocycles. The van der Waals surface area contributed by atoms with E-state index in [1.807, 2.05) is 0 Å². The molecule has 0 radical (unpaired) electrons. The summed E-state index contributed by atoms with van der Waals surface area (Å²) in [6.07, 6.45) is -0.227. The van der Waals surface area contributed by atoms with Gasteiger partial charge in [0, 0.05) is 19.5 Å². The van der Waals surface area contributed by atoms with Crippen LogP contribution in [0.25, 0.3) is 0 Å². The molecule has 0 bridgehead atoms. The number of phenols is 1. The van der Waals surface area contributed by atoms with Crippen molar-refractivity contribution in [2.75, 3.05) is 13.1 Å². The second-order valence-electron chi connectivity index (χ2n) is 4.25. The number of hydrogen-bond acceptors (Lipinski definition) is 4. The van der Waals surface area contributed by atoms with Crippen molar-refractivity contribution in [3.05, 3.63) is 24.3 Å². The Morgan fingerprint density at radius 1 is 1.20 bits per heavy atom. The molecule has 1 aromatic rings. The number of aromatic hydroxyl groups is 1. The predicted octanol–water partition coefficient (Wildman–Crippen LogP) is 0.802. The molecule has 0 saturated heterocycles. The van der Waals surface area contributed by atoms with Crippen LogP contribution in [0.5, 0.6) is 11.5 Å². The smallest absolute Gasteiger partial charge is 0.260 e. The third-order valence-corrected chi connectivity index (χ3v) is 2.59. The van der Waals surface area contributed by atoms with Crippen molar-refractivity contribution in [2.24, 2.45) is 0 Å². The minimum Gasteiger partial charge on any atom is -0.508 e. The Labute approximate surface area is 118 Å². The highest BCUT2D eigenvalue weighted by Crippen LogP contribution is 2.17. The number of ether oxygens (including phenoxy) is 1. The molecule has 1 unspecified atom stereocenters. The molecule has 6 nitrogen and oxygen atoms in total. The summed E-state index contributed by atoms with van der Waals surface area (Å²) in [6.45, 7) is 4.15. The monoisotopic (exact) mass is 280 g/mol. The fourth-order valence-corrected chi connectivity index (χ4v) is 1.44. The maximum atomic E-state index is 11.7. The first kappa shape index (κ1) is 15.8. The van der Waals surface area contributed by atoms with Crippen molar-refractivity contribution in [3.63, 3.8) is 0 Å². The van der Waals surface area contributed by atoms with E-state index in [9.17, 15) is 9.59 Å². The average molecular weight is 280 g/mol. The molecule has 0 spiro atoms. The Balaban J connectivity index is 2.28. The zero-order chi connectivity index (χ0) is 15.0. The van der Waals surface area contributed by atoms with Crippen LogP contribution in [0.4, 0.5) is 0 Å². The molecule has 3 N–H and O–H groups in total. The lowest BCUT2D eigenvalue weighted by molar-refractivity contribution is -0.127. The molecule has 20 heavy (non-hydrogen) atoms. The van der Waals surface area contributed by atoms with Gasteiger partial charge in [-0.25, -0.2) is 0 Å². The molecule has 0 aliphatic rings. The third kappa shape index (κ3) is 5.60. The zero-order valence-electron chi connectivity index (χ0n) is 11.7. The van der Waals surface area contributed by atoms with Gasteiger partial charge in [0.25, 0.3) is 5.91 Å². The Bertz CT molecular complexity index is 445. The number of nitrogens with one attached hydrogen (secondary N) is 2. The van der Waals surface area contributed by atoms with E-state index >= 15 is 0 Å². The molecule has 0 fully saturated rings. The Kier molecular flexibility index (Phi) is 6.36. The van der Waals surface area contributed by atoms with Crippen molar-refractivity contribution in [1.82, 2.24) is 10.6 Å². The minimum atomic E-state index is -0.651. The summed E-state index contributed by atoms with van der Waals surface area (Å²) in [5.41, 5.74) is 0. The molecule has 0 heterocycles. The van der Waals surface area contributed by atoms with E-state index in [1.165, 1.54) is 12.1 Å². The van der Waals surface area contributed by atoms with Gasteiger partial charge in [-0.05, 0) is 31.2 Å². The lowest BCUT2D eigenvalue weighted by atomic mass is 10.3. The van der Waals surface area contributed by atoms with Gasteiger partial charge < -0.3 is 20.5 Å². The van der Waals surface area contributed by atoms with Crippen LogP contribution in [-0.4, -0.2) is 36.1 Å². The highest BCUT2D eigenvalue weighted by atomic mass is 16.5. The molecule has 6 heteroatoms. The van der Waals surface area contributed by atoms with Gasteiger partial charge in [0.15, 0.2) is 6.10 Å². The van der Waals surface area contributed by atoms with Crippen LogP contribution in [0.15, 0.2) is 24.3 Å². The van der Waals surface area contributed by atoms with Gasteiger partial charge in [-0.15, -0.1) is 0 Å². The first-order chi connectivity index (χ1) is 9.52. The molecule has 1 aromatic carbocycles. The van der Waals surface area contributed by atoms with Crippen molar-refractivity contribution in [3.8, 4) is 11.5 Å². The molecular weight excluding hydrogens is 260 g/mol. The third-order valence-electron chi connectivity index (χ3n) is 2.59. The molecule has 1 rings (SSSR count). The fourth-order valence-electron chi connectivity index (χ4n) is 1.44. The van der Waals surface area contributed by atoms with Crippen LogP contribution in [0.3, 0.4) is 0 Å². The summed E-state index contributed by atoms with van der Waals surface area (Å²) in [6, 6.07) is 6.14. The lowest BCUT2D eigenvalue weighted by Crippen LogP contribution is -2.40. The normalized spacial score (nSPS) is 11.5. The van der Waals surface area contributed by atoms with E-state index in [0.29, 0.717) is 25.3 Å². The van der Waals surface area contributed by atoms with E-state index < -0.39 is 6.10 Å². The minimum absolute atomic E-state index is 0.0485. The molecule has 110 valence electrons.